The predicted molar refractivity (Wildman–Crippen MR) is 53.9 cm³/mol. The highest BCUT2D eigenvalue weighted by atomic mass is 35.5. The van der Waals surface area contributed by atoms with Gasteiger partial charge in [0.05, 0.1) is 12.5 Å². The van der Waals surface area contributed by atoms with Crippen LogP contribution in [0.4, 0.5) is 0 Å². The van der Waals surface area contributed by atoms with Crippen molar-refractivity contribution < 1.29 is 4.42 Å². The molecule has 0 aliphatic heterocycles. The highest BCUT2D eigenvalue weighted by Gasteiger charge is 2.03. The fraction of sp³-hybridized carbons (Fsp3) is 0.0909. The Morgan fingerprint density at radius 3 is 2.77 bits per heavy atom. The Morgan fingerprint density at radius 1 is 1.23 bits per heavy atom. The highest BCUT2D eigenvalue weighted by molar-refractivity contribution is 6.30. The van der Waals surface area contributed by atoms with Gasteiger partial charge in [-0.1, -0.05) is 17.7 Å². The zero-order valence-corrected chi connectivity index (χ0v) is 8.01. The van der Waals surface area contributed by atoms with Gasteiger partial charge in [0.1, 0.15) is 0 Å². The Bertz CT molecular complexity index is 404. The van der Waals surface area contributed by atoms with Crippen molar-refractivity contribution in [2.24, 2.45) is 0 Å². The van der Waals surface area contributed by atoms with Crippen molar-refractivity contribution in [1.29, 1.82) is 0 Å². The second-order valence-corrected chi connectivity index (χ2v) is 3.41. The summed E-state index contributed by atoms with van der Waals surface area (Å²) in [5.74, 6) is 0. The average molecular weight is 193 g/mol. The monoisotopic (exact) mass is 192 g/mol. The van der Waals surface area contributed by atoms with Crippen LogP contribution in [0.3, 0.4) is 0 Å². The molecule has 1 nitrogen and oxygen atoms in total. The van der Waals surface area contributed by atoms with E-state index in [1.807, 2.05) is 24.3 Å². The number of halogens is 1. The molecule has 66 valence electrons. The molecular formula is C11H9ClO. The first-order valence-corrected chi connectivity index (χ1v) is 4.44. The topological polar surface area (TPSA) is 13.1 Å². The molecule has 2 aromatic rings. The third-order valence-electron chi connectivity index (χ3n) is 2.03. The summed E-state index contributed by atoms with van der Waals surface area (Å²) in [5, 5.41) is 0.752. The molecule has 0 bridgehead atoms. The maximum atomic E-state index is 5.90. The van der Waals surface area contributed by atoms with Crippen molar-refractivity contribution >= 4 is 11.6 Å². The lowest BCUT2D eigenvalue weighted by Gasteiger charge is -2.02. The van der Waals surface area contributed by atoms with Crippen LogP contribution in [0.5, 0.6) is 0 Å². The van der Waals surface area contributed by atoms with E-state index in [0.29, 0.717) is 0 Å². The van der Waals surface area contributed by atoms with Gasteiger partial charge in [-0.15, -0.1) is 0 Å². The predicted octanol–water partition coefficient (Wildman–Crippen LogP) is 3.91. The number of hydrogen-bond acceptors (Lipinski definition) is 1. The number of benzene rings is 1. The molecule has 0 fully saturated rings. The highest BCUT2D eigenvalue weighted by Crippen LogP contribution is 2.26. The van der Waals surface area contributed by atoms with Crippen molar-refractivity contribution in [3.8, 4) is 11.1 Å². The molecule has 1 aromatic carbocycles. The second-order valence-electron chi connectivity index (χ2n) is 2.97. The van der Waals surface area contributed by atoms with Gasteiger partial charge in [0.25, 0.3) is 0 Å². The number of rotatable bonds is 1. The standard InChI is InChI=1S/C11H9ClO/c1-8-2-3-10(12)6-11(8)9-4-5-13-7-9/h2-7H,1H3. The molecule has 0 saturated carbocycles. The molecule has 1 heterocycles. The van der Waals surface area contributed by atoms with Crippen LogP contribution in [-0.2, 0) is 0 Å². The van der Waals surface area contributed by atoms with Gasteiger partial charge in [0.2, 0.25) is 0 Å². The smallest absolute Gasteiger partial charge is 0.0981 e. The van der Waals surface area contributed by atoms with Crippen LogP contribution in [0.15, 0.2) is 41.2 Å². The van der Waals surface area contributed by atoms with Gasteiger partial charge in [-0.3, -0.25) is 0 Å². The molecule has 0 unspecified atom stereocenters. The lowest BCUT2D eigenvalue weighted by Crippen LogP contribution is -1.79. The first kappa shape index (κ1) is 8.39. The van der Waals surface area contributed by atoms with E-state index >= 15 is 0 Å². The van der Waals surface area contributed by atoms with Crippen LogP contribution in [0.25, 0.3) is 11.1 Å². The van der Waals surface area contributed by atoms with E-state index in [1.165, 1.54) is 5.56 Å². The Kier molecular flexibility index (Phi) is 2.11. The zero-order chi connectivity index (χ0) is 9.26. The third kappa shape index (κ3) is 1.61. The van der Waals surface area contributed by atoms with Crippen molar-refractivity contribution in [2.75, 3.05) is 0 Å². The van der Waals surface area contributed by atoms with Crippen molar-refractivity contribution in [3.63, 3.8) is 0 Å². The fourth-order valence-electron chi connectivity index (χ4n) is 1.32. The Hall–Kier alpha value is -1.21. The summed E-state index contributed by atoms with van der Waals surface area (Å²) < 4.78 is 5.02. The maximum Gasteiger partial charge on any atom is 0.0981 e. The summed E-state index contributed by atoms with van der Waals surface area (Å²) in [6.45, 7) is 2.05. The van der Waals surface area contributed by atoms with Crippen LogP contribution >= 0.6 is 11.6 Å². The molecule has 2 heteroatoms. The summed E-state index contributed by atoms with van der Waals surface area (Å²) >= 11 is 5.90. The Morgan fingerprint density at radius 2 is 2.08 bits per heavy atom. The number of hydrogen-bond donors (Lipinski definition) is 0. The van der Waals surface area contributed by atoms with Gasteiger partial charge < -0.3 is 4.42 Å². The van der Waals surface area contributed by atoms with E-state index in [1.54, 1.807) is 12.5 Å². The van der Waals surface area contributed by atoms with Gasteiger partial charge in [-0.05, 0) is 36.2 Å². The molecular weight excluding hydrogens is 184 g/mol. The Balaban J connectivity index is 2.57. The number of aryl methyl sites for hydroxylation is 1. The molecule has 13 heavy (non-hydrogen) atoms. The van der Waals surface area contributed by atoms with E-state index in [4.69, 9.17) is 16.0 Å². The molecule has 0 aliphatic carbocycles. The largest absolute Gasteiger partial charge is 0.472 e. The van der Waals surface area contributed by atoms with Crippen LogP contribution in [0.2, 0.25) is 5.02 Å². The lowest BCUT2D eigenvalue weighted by atomic mass is 10.0. The molecule has 0 aliphatic rings. The normalized spacial score (nSPS) is 10.3. The fourth-order valence-corrected chi connectivity index (χ4v) is 1.50. The Labute approximate surface area is 82.0 Å². The molecule has 0 radical (unpaired) electrons. The summed E-state index contributed by atoms with van der Waals surface area (Å²) in [5.41, 5.74) is 3.40. The third-order valence-corrected chi connectivity index (χ3v) is 2.27. The van der Waals surface area contributed by atoms with E-state index in [2.05, 4.69) is 6.92 Å². The molecule has 2 rings (SSSR count). The minimum absolute atomic E-state index is 0.752. The average Bonchev–Trinajstić information content (AvgIpc) is 2.61. The van der Waals surface area contributed by atoms with E-state index in [-0.39, 0.29) is 0 Å². The summed E-state index contributed by atoms with van der Waals surface area (Å²) in [6.07, 6.45) is 3.38. The van der Waals surface area contributed by atoms with E-state index in [9.17, 15) is 0 Å². The van der Waals surface area contributed by atoms with E-state index < -0.39 is 0 Å². The second kappa shape index (κ2) is 3.27. The van der Waals surface area contributed by atoms with Gasteiger partial charge >= 0.3 is 0 Å². The summed E-state index contributed by atoms with van der Waals surface area (Å²) in [6, 6.07) is 7.77. The zero-order valence-electron chi connectivity index (χ0n) is 7.25. The quantitative estimate of drug-likeness (QED) is 0.668. The van der Waals surface area contributed by atoms with Crippen LogP contribution in [-0.4, -0.2) is 0 Å². The van der Waals surface area contributed by atoms with Gasteiger partial charge in [-0.25, -0.2) is 0 Å². The van der Waals surface area contributed by atoms with Gasteiger partial charge in [0, 0.05) is 10.6 Å². The maximum absolute atomic E-state index is 5.90. The molecule has 0 spiro atoms. The van der Waals surface area contributed by atoms with E-state index in [0.717, 1.165) is 16.1 Å². The van der Waals surface area contributed by atoms with Gasteiger partial charge in [0.15, 0.2) is 0 Å². The van der Waals surface area contributed by atoms with Gasteiger partial charge in [-0.2, -0.15) is 0 Å². The molecule has 1 aromatic heterocycles. The minimum Gasteiger partial charge on any atom is -0.472 e. The minimum atomic E-state index is 0.752. The van der Waals surface area contributed by atoms with Crippen LogP contribution in [0, 0.1) is 6.92 Å². The van der Waals surface area contributed by atoms with Crippen molar-refractivity contribution in [1.82, 2.24) is 0 Å². The number of furan rings is 1. The van der Waals surface area contributed by atoms with Crippen molar-refractivity contribution in [2.45, 2.75) is 6.92 Å². The first-order valence-electron chi connectivity index (χ1n) is 4.06. The van der Waals surface area contributed by atoms with Crippen LogP contribution < -0.4 is 0 Å². The molecule has 0 atom stereocenters. The summed E-state index contributed by atoms with van der Waals surface area (Å²) in [4.78, 5) is 0. The molecule has 0 amide bonds. The first-order chi connectivity index (χ1) is 6.27. The summed E-state index contributed by atoms with van der Waals surface area (Å²) in [7, 11) is 0. The molecule has 0 N–H and O–H groups in total. The van der Waals surface area contributed by atoms with Crippen molar-refractivity contribution in [3.05, 3.63) is 47.4 Å². The SMILES string of the molecule is Cc1ccc(Cl)cc1-c1ccoc1. The lowest BCUT2D eigenvalue weighted by molar-refractivity contribution is 0.568. The van der Waals surface area contributed by atoms with Crippen LogP contribution in [0.1, 0.15) is 5.56 Å². The molecule has 0 saturated heterocycles.